The van der Waals surface area contributed by atoms with Gasteiger partial charge in [-0.05, 0) is 31.5 Å². The second-order valence-corrected chi connectivity index (χ2v) is 4.79. The third-order valence-corrected chi connectivity index (χ3v) is 2.77. The molecular weight excluding hydrogens is 218 g/mol. The number of fused-ring (bicyclic) bond motifs is 1. The lowest BCUT2D eigenvalue weighted by atomic mass is 10.1. The Bertz CT molecular complexity index is 568. The molecule has 1 aromatic heterocycles. The highest BCUT2D eigenvalue weighted by Crippen LogP contribution is 2.13. The van der Waals surface area contributed by atoms with Gasteiger partial charge in [0.1, 0.15) is 0 Å². The predicted molar refractivity (Wildman–Crippen MR) is 66.8 cm³/mol. The van der Waals surface area contributed by atoms with E-state index in [1.807, 2.05) is 32.0 Å². The smallest absolute Gasteiger partial charge is 0.408 e. The number of aromatic nitrogens is 1. The summed E-state index contributed by atoms with van der Waals surface area (Å²) < 4.78 is 5.00. The Hall–Kier alpha value is -1.59. The van der Waals surface area contributed by atoms with Crippen LogP contribution in [-0.4, -0.2) is 17.1 Å². The number of benzene rings is 1. The lowest BCUT2D eigenvalue weighted by molar-refractivity contribution is 0.396. The number of hydrogen-bond acceptors (Lipinski definition) is 4. The molecule has 4 N–H and O–H groups in total. The molecule has 0 amide bonds. The van der Waals surface area contributed by atoms with Crippen molar-refractivity contribution in [3.8, 4) is 0 Å². The molecule has 5 nitrogen and oxygen atoms in total. The predicted octanol–water partition coefficient (Wildman–Crippen LogP) is 0.948. The number of rotatable bonds is 4. The molecule has 0 spiro atoms. The SMILES string of the molecule is CC(C)(CN)NCc1ccc2[nH]c(=O)oc2c1. The molecule has 0 radical (unpaired) electrons. The summed E-state index contributed by atoms with van der Waals surface area (Å²) in [5.41, 5.74) is 7.89. The van der Waals surface area contributed by atoms with Crippen LogP contribution in [0.1, 0.15) is 19.4 Å². The normalized spacial score (nSPS) is 12.2. The Labute approximate surface area is 99.0 Å². The van der Waals surface area contributed by atoms with E-state index in [-0.39, 0.29) is 5.54 Å². The summed E-state index contributed by atoms with van der Waals surface area (Å²) >= 11 is 0. The highest BCUT2D eigenvalue weighted by Gasteiger charge is 2.14. The van der Waals surface area contributed by atoms with Crippen molar-refractivity contribution in [2.24, 2.45) is 5.73 Å². The molecule has 1 aromatic carbocycles. The van der Waals surface area contributed by atoms with Gasteiger partial charge < -0.3 is 15.5 Å². The highest BCUT2D eigenvalue weighted by molar-refractivity contribution is 5.72. The maximum Gasteiger partial charge on any atom is 0.417 e. The zero-order valence-electron chi connectivity index (χ0n) is 10.0. The number of nitrogens with two attached hydrogens (primary N) is 1. The van der Waals surface area contributed by atoms with Crippen molar-refractivity contribution < 1.29 is 4.42 Å². The molecule has 1 heterocycles. The minimum Gasteiger partial charge on any atom is -0.408 e. The largest absolute Gasteiger partial charge is 0.417 e. The van der Waals surface area contributed by atoms with E-state index in [2.05, 4.69) is 10.3 Å². The van der Waals surface area contributed by atoms with Crippen LogP contribution in [0.15, 0.2) is 27.4 Å². The third-order valence-electron chi connectivity index (χ3n) is 2.77. The first kappa shape index (κ1) is 11.9. The summed E-state index contributed by atoms with van der Waals surface area (Å²) in [5, 5.41) is 3.34. The first-order valence-electron chi connectivity index (χ1n) is 5.57. The van der Waals surface area contributed by atoms with E-state index < -0.39 is 5.76 Å². The fourth-order valence-electron chi connectivity index (χ4n) is 1.51. The van der Waals surface area contributed by atoms with E-state index in [4.69, 9.17) is 10.2 Å². The molecule has 0 saturated heterocycles. The monoisotopic (exact) mass is 235 g/mol. The van der Waals surface area contributed by atoms with Crippen molar-refractivity contribution in [3.63, 3.8) is 0 Å². The Morgan fingerprint density at radius 3 is 2.94 bits per heavy atom. The van der Waals surface area contributed by atoms with Crippen LogP contribution in [0.3, 0.4) is 0 Å². The van der Waals surface area contributed by atoms with Gasteiger partial charge in [0.2, 0.25) is 0 Å². The van der Waals surface area contributed by atoms with Crippen LogP contribution in [0.2, 0.25) is 0 Å². The Morgan fingerprint density at radius 2 is 2.24 bits per heavy atom. The van der Waals surface area contributed by atoms with E-state index in [0.717, 1.165) is 11.1 Å². The van der Waals surface area contributed by atoms with Gasteiger partial charge in [-0.15, -0.1) is 0 Å². The minimum absolute atomic E-state index is 0.103. The first-order valence-corrected chi connectivity index (χ1v) is 5.57. The lowest BCUT2D eigenvalue weighted by Gasteiger charge is -2.24. The van der Waals surface area contributed by atoms with Crippen LogP contribution < -0.4 is 16.8 Å². The zero-order valence-corrected chi connectivity index (χ0v) is 10.0. The van der Waals surface area contributed by atoms with Crippen molar-refractivity contribution in [1.82, 2.24) is 10.3 Å². The molecule has 0 bridgehead atoms. The van der Waals surface area contributed by atoms with Crippen molar-refractivity contribution in [2.75, 3.05) is 6.54 Å². The summed E-state index contributed by atoms with van der Waals surface area (Å²) in [5.74, 6) is -0.424. The van der Waals surface area contributed by atoms with E-state index in [1.165, 1.54) is 0 Å². The van der Waals surface area contributed by atoms with E-state index >= 15 is 0 Å². The van der Waals surface area contributed by atoms with Crippen LogP contribution in [0.5, 0.6) is 0 Å². The van der Waals surface area contributed by atoms with Gasteiger partial charge >= 0.3 is 5.76 Å². The molecule has 0 saturated carbocycles. The highest BCUT2D eigenvalue weighted by atomic mass is 16.4. The van der Waals surface area contributed by atoms with Gasteiger partial charge in [-0.3, -0.25) is 4.98 Å². The van der Waals surface area contributed by atoms with Crippen molar-refractivity contribution in [3.05, 3.63) is 34.3 Å². The molecule has 5 heteroatoms. The Balaban J connectivity index is 2.17. The number of nitrogens with one attached hydrogen (secondary N) is 2. The molecule has 0 aliphatic rings. The van der Waals surface area contributed by atoms with Gasteiger partial charge in [0.25, 0.3) is 0 Å². The maximum absolute atomic E-state index is 11.0. The van der Waals surface area contributed by atoms with Crippen LogP contribution >= 0.6 is 0 Å². The number of H-pyrrole nitrogens is 1. The van der Waals surface area contributed by atoms with Gasteiger partial charge in [0.05, 0.1) is 5.52 Å². The maximum atomic E-state index is 11.0. The summed E-state index contributed by atoms with van der Waals surface area (Å²) in [7, 11) is 0. The zero-order chi connectivity index (χ0) is 12.5. The minimum atomic E-state index is -0.424. The first-order chi connectivity index (χ1) is 8.00. The molecule has 0 unspecified atom stereocenters. The van der Waals surface area contributed by atoms with Crippen molar-refractivity contribution in [2.45, 2.75) is 25.9 Å². The third kappa shape index (κ3) is 2.75. The van der Waals surface area contributed by atoms with E-state index in [1.54, 1.807) is 0 Å². The quantitative estimate of drug-likeness (QED) is 0.736. The number of hydrogen-bond donors (Lipinski definition) is 3. The Morgan fingerprint density at radius 1 is 1.47 bits per heavy atom. The van der Waals surface area contributed by atoms with Crippen molar-refractivity contribution >= 4 is 11.1 Å². The van der Waals surface area contributed by atoms with Gasteiger partial charge in [-0.2, -0.15) is 0 Å². The van der Waals surface area contributed by atoms with Crippen LogP contribution in [0.4, 0.5) is 0 Å². The summed E-state index contributed by atoms with van der Waals surface area (Å²) in [6, 6.07) is 5.65. The molecule has 0 fully saturated rings. The number of aromatic amines is 1. The summed E-state index contributed by atoms with van der Waals surface area (Å²) in [6.45, 7) is 5.34. The Kier molecular flexibility index (Phi) is 3.04. The molecule has 2 rings (SSSR count). The average Bonchev–Trinajstić information content (AvgIpc) is 2.66. The fourth-order valence-corrected chi connectivity index (χ4v) is 1.51. The van der Waals surface area contributed by atoms with Gasteiger partial charge in [0.15, 0.2) is 5.58 Å². The molecule has 0 atom stereocenters. The van der Waals surface area contributed by atoms with Gasteiger partial charge in [-0.25, -0.2) is 4.79 Å². The van der Waals surface area contributed by atoms with Crippen LogP contribution in [-0.2, 0) is 6.54 Å². The fraction of sp³-hybridized carbons (Fsp3) is 0.417. The average molecular weight is 235 g/mol. The molecule has 92 valence electrons. The summed E-state index contributed by atoms with van der Waals surface area (Å²) in [6.07, 6.45) is 0. The van der Waals surface area contributed by atoms with Crippen molar-refractivity contribution in [1.29, 1.82) is 0 Å². The lowest BCUT2D eigenvalue weighted by Crippen LogP contribution is -2.45. The second kappa shape index (κ2) is 4.35. The van der Waals surface area contributed by atoms with E-state index in [9.17, 15) is 4.79 Å². The molecular formula is C12H17N3O2. The van der Waals surface area contributed by atoms with Gasteiger partial charge in [-0.1, -0.05) is 6.07 Å². The molecule has 17 heavy (non-hydrogen) atoms. The molecule has 0 aliphatic carbocycles. The summed E-state index contributed by atoms with van der Waals surface area (Å²) in [4.78, 5) is 13.6. The second-order valence-electron chi connectivity index (χ2n) is 4.79. The number of oxazole rings is 1. The molecule has 0 aliphatic heterocycles. The standard InChI is InChI=1S/C12H17N3O2/c1-12(2,7-13)14-6-8-3-4-9-10(5-8)17-11(16)15-9/h3-5,14H,6-7,13H2,1-2H3,(H,15,16). The van der Waals surface area contributed by atoms with Crippen LogP contribution in [0, 0.1) is 0 Å². The van der Waals surface area contributed by atoms with Gasteiger partial charge in [0, 0.05) is 18.6 Å². The van der Waals surface area contributed by atoms with E-state index in [0.29, 0.717) is 18.7 Å². The topological polar surface area (TPSA) is 84.0 Å². The van der Waals surface area contributed by atoms with Crippen LogP contribution in [0.25, 0.3) is 11.1 Å². The molecule has 2 aromatic rings.